The van der Waals surface area contributed by atoms with Gasteiger partial charge in [0.2, 0.25) is 0 Å². The maximum absolute atomic E-state index is 11.8. The zero-order valence-corrected chi connectivity index (χ0v) is 11.8. The summed E-state index contributed by atoms with van der Waals surface area (Å²) in [7, 11) is 0.593. The highest BCUT2D eigenvalue weighted by Crippen LogP contribution is 2.36. The van der Waals surface area contributed by atoms with Crippen LogP contribution in [0.5, 0.6) is 0 Å². The summed E-state index contributed by atoms with van der Waals surface area (Å²) >= 11 is 0. The summed E-state index contributed by atoms with van der Waals surface area (Å²) in [6.45, 7) is 2.11. The monoisotopic (exact) mass is 277 g/mol. The molecule has 1 fully saturated rings. The molecular formula is C14H20BNO4. The molecule has 0 radical (unpaired) electrons. The number of hydrogen-bond acceptors (Lipinski definition) is 5. The van der Waals surface area contributed by atoms with Crippen LogP contribution >= 0.6 is 0 Å². The van der Waals surface area contributed by atoms with Crippen molar-refractivity contribution in [3.05, 3.63) is 35.9 Å². The van der Waals surface area contributed by atoms with Crippen LogP contribution in [0.3, 0.4) is 0 Å². The largest absolute Gasteiger partial charge is 0.468 e. The van der Waals surface area contributed by atoms with Gasteiger partial charge in [0.15, 0.2) is 0 Å². The van der Waals surface area contributed by atoms with Crippen molar-refractivity contribution in [2.24, 2.45) is 0 Å². The van der Waals surface area contributed by atoms with Crippen molar-refractivity contribution >= 4 is 13.0 Å². The van der Waals surface area contributed by atoms with E-state index in [4.69, 9.17) is 9.47 Å². The van der Waals surface area contributed by atoms with Crippen LogP contribution in [0.15, 0.2) is 30.3 Å². The second-order valence-corrected chi connectivity index (χ2v) is 5.22. The van der Waals surface area contributed by atoms with Gasteiger partial charge in [-0.15, -0.1) is 0 Å². The lowest BCUT2D eigenvalue weighted by Crippen LogP contribution is -2.66. The Morgan fingerprint density at radius 3 is 2.65 bits per heavy atom. The first kappa shape index (κ1) is 15.0. The third kappa shape index (κ3) is 3.39. The van der Waals surface area contributed by atoms with E-state index in [-0.39, 0.29) is 12.1 Å². The molecule has 2 N–H and O–H groups in total. The molecule has 0 heterocycles. The molecule has 1 aliphatic carbocycles. The second-order valence-electron chi connectivity index (χ2n) is 5.22. The van der Waals surface area contributed by atoms with Gasteiger partial charge in [-0.2, -0.15) is 0 Å². The number of nitrogens with one attached hydrogen (secondary N) is 1. The smallest absolute Gasteiger partial charge is 0.374 e. The number of carbonyl (C=O) groups excluding carboxylic acids is 1. The average molecular weight is 277 g/mol. The lowest BCUT2D eigenvalue weighted by atomic mass is 9.69. The number of carbonyl (C=O) groups is 1. The molecule has 1 aromatic carbocycles. The van der Waals surface area contributed by atoms with Crippen molar-refractivity contribution < 1.29 is 19.3 Å². The Morgan fingerprint density at radius 2 is 2.10 bits per heavy atom. The normalized spacial score (nSPS) is 24.9. The van der Waals surface area contributed by atoms with E-state index in [9.17, 15) is 9.82 Å². The predicted octanol–water partition coefficient (Wildman–Crippen LogP) is 0.977. The lowest BCUT2D eigenvalue weighted by molar-refractivity contribution is -0.160. The Kier molecular flexibility index (Phi) is 4.80. The summed E-state index contributed by atoms with van der Waals surface area (Å²) < 4.78 is 10.6. The van der Waals surface area contributed by atoms with Crippen LogP contribution < -0.4 is 5.23 Å². The quantitative estimate of drug-likeness (QED) is 0.599. The highest BCUT2D eigenvalue weighted by molar-refractivity contribution is 6.46. The Hall–Kier alpha value is -1.37. The van der Waals surface area contributed by atoms with Crippen LogP contribution in [0.2, 0.25) is 6.82 Å². The highest BCUT2D eigenvalue weighted by atomic mass is 16.5. The van der Waals surface area contributed by atoms with E-state index in [2.05, 4.69) is 5.23 Å². The Labute approximate surface area is 119 Å². The molecule has 2 rings (SSSR count). The van der Waals surface area contributed by atoms with E-state index in [0.29, 0.717) is 19.4 Å². The van der Waals surface area contributed by atoms with Gasteiger partial charge < -0.3 is 19.7 Å². The molecule has 0 aliphatic heterocycles. The standard InChI is InChI=1S/C14H20BNO4/c1-15(18)16-14(13(17)19-2)8-12(9-14)20-10-11-6-4-3-5-7-11/h3-7,12,16,18H,8-10H2,1-2H3. The van der Waals surface area contributed by atoms with Gasteiger partial charge in [-0.3, -0.25) is 4.79 Å². The highest BCUT2D eigenvalue weighted by Gasteiger charge is 2.52. The second kappa shape index (κ2) is 6.39. The van der Waals surface area contributed by atoms with E-state index in [1.54, 1.807) is 6.82 Å². The molecular weight excluding hydrogens is 257 g/mol. The first-order chi connectivity index (χ1) is 9.55. The van der Waals surface area contributed by atoms with Crippen molar-refractivity contribution in [3.8, 4) is 0 Å². The summed E-state index contributed by atoms with van der Waals surface area (Å²) in [6.07, 6.45) is 1.02. The van der Waals surface area contributed by atoms with Gasteiger partial charge in [-0.1, -0.05) is 30.3 Å². The SMILES string of the molecule is COC(=O)C1(NB(C)O)CC(OCc2ccccc2)C1. The van der Waals surface area contributed by atoms with Crippen LogP contribution in [0.4, 0.5) is 0 Å². The van der Waals surface area contributed by atoms with E-state index < -0.39 is 12.6 Å². The topological polar surface area (TPSA) is 67.8 Å². The van der Waals surface area contributed by atoms with Gasteiger partial charge >= 0.3 is 13.0 Å². The minimum absolute atomic E-state index is 0.000515. The molecule has 108 valence electrons. The van der Waals surface area contributed by atoms with Gasteiger partial charge in [0.05, 0.1) is 19.8 Å². The third-order valence-corrected chi connectivity index (χ3v) is 3.54. The maximum Gasteiger partial charge on any atom is 0.374 e. The molecule has 0 bridgehead atoms. The fourth-order valence-corrected chi connectivity index (χ4v) is 2.56. The van der Waals surface area contributed by atoms with Crippen LogP contribution in [-0.2, 0) is 20.9 Å². The van der Waals surface area contributed by atoms with Crippen molar-refractivity contribution in [1.29, 1.82) is 0 Å². The molecule has 0 saturated heterocycles. The molecule has 6 heteroatoms. The summed E-state index contributed by atoms with van der Waals surface area (Å²) in [6, 6.07) is 9.89. The number of hydrogen-bond donors (Lipinski definition) is 2. The number of ether oxygens (including phenoxy) is 2. The molecule has 20 heavy (non-hydrogen) atoms. The molecule has 1 aromatic rings. The minimum Gasteiger partial charge on any atom is -0.468 e. The van der Waals surface area contributed by atoms with Crippen molar-refractivity contribution in [2.45, 2.75) is 37.9 Å². The lowest BCUT2D eigenvalue weighted by Gasteiger charge is -2.45. The Balaban J connectivity index is 1.85. The summed E-state index contributed by atoms with van der Waals surface area (Å²) in [5.74, 6) is -0.349. The summed E-state index contributed by atoms with van der Waals surface area (Å²) in [5, 5.41) is 12.3. The first-order valence-electron chi connectivity index (χ1n) is 6.75. The number of rotatable bonds is 6. The molecule has 0 unspecified atom stereocenters. The number of methoxy groups -OCH3 is 1. The zero-order chi connectivity index (χ0) is 14.6. The third-order valence-electron chi connectivity index (χ3n) is 3.54. The van der Waals surface area contributed by atoms with E-state index in [1.165, 1.54) is 7.11 Å². The van der Waals surface area contributed by atoms with Crippen molar-refractivity contribution in [2.75, 3.05) is 7.11 Å². The van der Waals surface area contributed by atoms with E-state index in [0.717, 1.165) is 5.56 Å². The van der Waals surface area contributed by atoms with Crippen molar-refractivity contribution in [1.82, 2.24) is 5.23 Å². The van der Waals surface area contributed by atoms with Gasteiger partial charge in [0, 0.05) is 12.8 Å². The van der Waals surface area contributed by atoms with Gasteiger partial charge in [0.25, 0.3) is 0 Å². The molecule has 0 spiro atoms. The number of esters is 1. The fraction of sp³-hybridized carbons (Fsp3) is 0.500. The van der Waals surface area contributed by atoms with Gasteiger partial charge in [-0.05, 0) is 12.4 Å². The first-order valence-corrected chi connectivity index (χ1v) is 6.75. The van der Waals surface area contributed by atoms with Crippen LogP contribution in [0.25, 0.3) is 0 Å². The van der Waals surface area contributed by atoms with Gasteiger partial charge in [-0.25, -0.2) is 0 Å². The van der Waals surface area contributed by atoms with E-state index in [1.807, 2.05) is 30.3 Å². The number of benzene rings is 1. The van der Waals surface area contributed by atoms with Crippen LogP contribution in [-0.4, -0.2) is 36.8 Å². The summed E-state index contributed by atoms with van der Waals surface area (Å²) in [4.78, 5) is 11.8. The van der Waals surface area contributed by atoms with E-state index >= 15 is 0 Å². The Bertz CT molecular complexity index is 446. The summed E-state index contributed by atoms with van der Waals surface area (Å²) in [5.41, 5.74) is 0.288. The Morgan fingerprint density at radius 1 is 1.45 bits per heavy atom. The van der Waals surface area contributed by atoms with Gasteiger partial charge in [0.1, 0.15) is 5.54 Å². The molecule has 1 saturated carbocycles. The fourth-order valence-electron chi connectivity index (χ4n) is 2.56. The molecule has 0 aromatic heterocycles. The van der Waals surface area contributed by atoms with Crippen LogP contribution in [0, 0.1) is 0 Å². The van der Waals surface area contributed by atoms with Crippen molar-refractivity contribution in [3.63, 3.8) is 0 Å². The molecule has 5 nitrogen and oxygen atoms in total. The molecule has 0 atom stereocenters. The minimum atomic E-state index is -0.815. The zero-order valence-electron chi connectivity index (χ0n) is 11.8. The van der Waals surface area contributed by atoms with Crippen LogP contribution in [0.1, 0.15) is 18.4 Å². The maximum atomic E-state index is 11.8. The predicted molar refractivity (Wildman–Crippen MR) is 76.0 cm³/mol. The molecule has 0 amide bonds. The molecule has 1 aliphatic rings. The average Bonchev–Trinajstić information content (AvgIpc) is 2.41.